The average molecular weight is 328 g/mol. The molecule has 1 aromatic carbocycles. The Morgan fingerprint density at radius 1 is 1.33 bits per heavy atom. The van der Waals surface area contributed by atoms with E-state index in [1.54, 1.807) is 20.0 Å². The molecule has 24 heavy (non-hydrogen) atoms. The topological polar surface area (TPSA) is 83.5 Å². The molecule has 0 radical (unpaired) electrons. The number of nitrogens with two attached hydrogens (primary N) is 1. The number of hydrogen-bond acceptors (Lipinski definition) is 5. The Labute approximate surface area is 139 Å². The van der Waals surface area contributed by atoms with Crippen molar-refractivity contribution in [3.63, 3.8) is 0 Å². The van der Waals surface area contributed by atoms with Gasteiger partial charge in [0, 0.05) is 25.4 Å². The molecule has 1 aliphatic heterocycles. The minimum Gasteiger partial charge on any atom is -0.492 e. The van der Waals surface area contributed by atoms with Crippen LogP contribution >= 0.6 is 0 Å². The summed E-state index contributed by atoms with van der Waals surface area (Å²) in [5.41, 5.74) is 6.84. The molecular formula is C18H20N2O4. The summed E-state index contributed by atoms with van der Waals surface area (Å²) in [5.74, 6) is 0.834. The number of ether oxygens (including phenoxy) is 2. The number of carbonyl (C=O) groups is 1. The van der Waals surface area contributed by atoms with Gasteiger partial charge in [-0.15, -0.1) is 0 Å². The average Bonchev–Trinajstić information content (AvgIpc) is 2.57. The predicted molar refractivity (Wildman–Crippen MR) is 89.7 cm³/mol. The number of Topliss-reactive ketones (excluding diaryl/α,β-unsaturated/α-hetero) is 1. The number of aromatic nitrogens is 1. The normalized spacial score (nSPS) is 16.5. The van der Waals surface area contributed by atoms with Crippen molar-refractivity contribution in [1.29, 1.82) is 0 Å². The fraction of sp³-hybridized carbons (Fsp3) is 0.333. The van der Waals surface area contributed by atoms with Crippen molar-refractivity contribution in [3.8, 4) is 11.5 Å². The van der Waals surface area contributed by atoms with E-state index in [2.05, 4.69) is 0 Å². The van der Waals surface area contributed by atoms with Crippen molar-refractivity contribution in [2.75, 3.05) is 13.2 Å². The fourth-order valence-corrected chi connectivity index (χ4v) is 2.77. The Morgan fingerprint density at radius 2 is 2.12 bits per heavy atom. The van der Waals surface area contributed by atoms with E-state index in [-0.39, 0.29) is 23.3 Å². The first kappa shape index (κ1) is 16.3. The van der Waals surface area contributed by atoms with Crippen molar-refractivity contribution in [1.82, 2.24) is 4.57 Å². The number of nitrogens with zero attached hydrogens (tertiary/aromatic N) is 1. The second-order valence-electron chi connectivity index (χ2n) is 5.83. The van der Waals surface area contributed by atoms with Crippen molar-refractivity contribution in [3.05, 3.63) is 57.5 Å². The zero-order chi connectivity index (χ0) is 17.3. The first-order chi connectivity index (χ1) is 11.5. The van der Waals surface area contributed by atoms with Crippen LogP contribution in [0, 0.1) is 6.92 Å². The zero-order valence-electron chi connectivity index (χ0n) is 13.7. The van der Waals surface area contributed by atoms with Crippen LogP contribution in [0.2, 0.25) is 0 Å². The van der Waals surface area contributed by atoms with E-state index in [4.69, 9.17) is 15.2 Å². The summed E-state index contributed by atoms with van der Waals surface area (Å²) in [6, 6.07) is 9.13. The SMILES string of the molecule is Cc1cc2c(c(=O)n1C)C(=O)CC(c1cccc(OCCN)c1)O2. The van der Waals surface area contributed by atoms with Crippen LogP contribution in [-0.4, -0.2) is 23.5 Å². The second kappa shape index (κ2) is 6.49. The van der Waals surface area contributed by atoms with Crippen LogP contribution in [0.15, 0.2) is 35.1 Å². The van der Waals surface area contributed by atoms with Crippen molar-refractivity contribution < 1.29 is 14.3 Å². The summed E-state index contributed by atoms with van der Waals surface area (Å²) >= 11 is 0. The van der Waals surface area contributed by atoms with Gasteiger partial charge in [-0.25, -0.2) is 0 Å². The zero-order valence-corrected chi connectivity index (χ0v) is 13.7. The van der Waals surface area contributed by atoms with Gasteiger partial charge in [0.25, 0.3) is 5.56 Å². The Kier molecular flexibility index (Phi) is 4.40. The van der Waals surface area contributed by atoms with E-state index in [0.29, 0.717) is 24.7 Å². The molecule has 0 saturated heterocycles. The molecule has 6 nitrogen and oxygen atoms in total. The smallest absolute Gasteiger partial charge is 0.265 e. The molecule has 0 saturated carbocycles. The number of pyridine rings is 1. The second-order valence-corrected chi connectivity index (χ2v) is 5.83. The highest BCUT2D eigenvalue weighted by Crippen LogP contribution is 2.34. The van der Waals surface area contributed by atoms with Gasteiger partial charge in [-0.2, -0.15) is 0 Å². The summed E-state index contributed by atoms with van der Waals surface area (Å²) in [4.78, 5) is 24.8. The Bertz CT molecular complexity index is 841. The molecule has 0 aliphatic carbocycles. The maximum absolute atomic E-state index is 12.5. The highest BCUT2D eigenvalue weighted by molar-refractivity contribution is 5.99. The van der Waals surface area contributed by atoms with Gasteiger partial charge < -0.3 is 19.8 Å². The predicted octanol–water partition coefficient (Wildman–Crippen LogP) is 1.74. The van der Waals surface area contributed by atoms with E-state index in [0.717, 1.165) is 11.3 Å². The molecule has 2 N–H and O–H groups in total. The fourth-order valence-electron chi connectivity index (χ4n) is 2.77. The largest absolute Gasteiger partial charge is 0.492 e. The third kappa shape index (κ3) is 2.92. The molecule has 1 unspecified atom stereocenters. The molecule has 2 aromatic rings. The number of rotatable bonds is 4. The maximum atomic E-state index is 12.5. The molecule has 0 spiro atoms. The summed E-state index contributed by atoms with van der Waals surface area (Å²) in [6.07, 6.45) is -0.302. The molecule has 2 heterocycles. The van der Waals surface area contributed by atoms with Gasteiger partial charge in [0.15, 0.2) is 5.78 Å². The Balaban J connectivity index is 1.94. The van der Waals surface area contributed by atoms with Crippen LogP contribution < -0.4 is 20.8 Å². The molecule has 6 heteroatoms. The molecule has 3 rings (SSSR count). The van der Waals surface area contributed by atoms with E-state index >= 15 is 0 Å². The Morgan fingerprint density at radius 3 is 2.88 bits per heavy atom. The van der Waals surface area contributed by atoms with Crippen LogP contribution in [-0.2, 0) is 7.05 Å². The van der Waals surface area contributed by atoms with Crippen LogP contribution in [0.3, 0.4) is 0 Å². The molecular weight excluding hydrogens is 308 g/mol. The minimum atomic E-state index is -0.432. The highest BCUT2D eigenvalue weighted by Gasteiger charge is 2.31. The molecule has 126 valence electrons. The summed E-state index contributed by atoms with van der Waals surface area (Å²) in [6.45, 7) is 2.66. The number of fused-ring (bicyclic) bond motifs is 1. The van der Waals surface area contributed by atoms with Gasteiger partial charge in [0.1, 0.15) is 29.8 Å². The van der Waals surface area contributed by atoms with Crippen molar-refractivity contribution in [2.45, 2.75) is 19.4 Å². The molecule has 0 amide bonds. The first-order valence-corrected chi connectivity index (χ1v) is 7.84. The van der Waals surface area contributed by atoms with Crippen molar-refractivity contribution >= 4 is 5.78 Å². The van der Waals surface area contributed by atoms with E-state index in [1.165, 1.54) is 4.57 Å². The van der Waals surface area contributed by atoms with Gasteiger partial charge in [-0.05, 0) is 24.6 Å². The van der Waals surface area contributed by atoms with Crippen LogP contribution in [0.5, 0.6) is 11.5 Å². The lowest BCUT2D eigenvalue weighted by atomic mass is 9.96. The maximum Gasteiger partial charge on any atom is 0.265 e. The number of ketones is 1. The third-order valence-electron chi connectivity index (χ3n) is 4.17. The summed E-state index contributed by atoms with van der Waals surface area (Å²) in [7, 11) is 1.65. The van der Waals surface area contributed by atoms with E-state index < -0.39 is 6.10 Å². The van der Waals surface area contributed by atoms with Crippen LogP contribution in [0.4, 0.5) is 0 Å². The van der Waals surface area contributed by atoms with Crippen LogP contribution in [0.25, 0.3) is 0 Å². The van der Waals surface area contributed by atoms with E-state index in [1.807, 2.05) is 24.3 Å². The molecule has 1 aromatic heterocycles. The number of hydrogen-bond donors (Lipinski definition) is 1. The molecule has 0 fully saturated rings. The van der Waals surface area contributed by atoms with Gasteiger partial charge in [0.05, 0.1) is 6.42 Å². The van der Waals surface area contributed by atoms with E-state index in [9.17, 15) is 9.59 Å². The van der Waals surface area contributed by atoms with Gasteiger partial charge in [-0.1, -0.05) is 12.1 Å². The third-order valence-corrected chi connectivity index (χ3v) is 4.17. The minimum absolute atomic E-state index is 0.131. The monoisotopic (exact) mass is 328 g/mol. The molecule has 0 bridgehead atoms. The molecule has 1 aliphatic rings. The number of carbonyl (C=O) groups excluding carboxylic acids is 1. The number of benzene rings is 1. The first-order valence-electron chi connectivity index (χ1n) is 7.84. The highest BCUT2D eigenvalue weighted by atomic mass is 16.5. The van der Waals surface area contributed by atoms with Gasteiger partial charge in [-0.3, -0.25) is 9.59 Å². The molecule has 1 atom stereocenters. The van der Waals surface area contributed by atoms with Crippen molar-refractivity contribution in [2.24, 2.45) is 12.8 Å². The summed E-state index contributed by atoms with van der Waals surface area (Å²) in [5, 5.41) is 0. The lowest BCUT2D eigenvalue weighted by molar-refractivity contribution is 0.0845. The quantitative estimate of drug-likeness (QED) is 0.924. The van der Waals surface area contributed by atoms with Gasteiger partial charge in [0.2, 0.25) is 0 Å². The summed E-state index contributed by atoms with van der Waals surface area (Å²) < 4.78 is 12.9. The lowest BCUT2D eigenvalue weighted by Crippen LogP contribution is -2.31. The van der Waals surface area contributed by atoms with Gasteiger partial charge >= 0.3 is 0 Å². The van der Waals surface area contributed by atoms with Crippen LogP contribution in [0.1, 0.15) is 34.1 Å². The lowest BCUT2D eigenvalue weighted by Gasteiger charge is -2.26. The standard InChI is InChI=1S/C18H20N2O4/c1-11-8-16-17(18(22)20(11)2)14(21)10-15(24-16)12-4-3-5-13(9-12)23-7-6-19/h3-5,8-9,15H,6-7,10,19H2,1-2H3. The Hall–Kier alpha value is -2.60. The number of aryl methyl sites for hydroxylation is 1.